The minimum absolute atomic E-state index is 0.185. The van der Waals surface area contributed by atoms with Crippen LogP contribution in [0.1, 0.15) is 31.9 Å². The monoisotopic (exact) mass is 377 g/mol. The molecule has 0 bridgehead atoms. The number of hydrogen-bond donors (Lipinski definition) is 0. The number of aryl methyl sites for hydroxylation is 1. The van der Waals surface area contributed by atoms with Crippen molar-refractivity contribution in [3.8, 4) is 0 Å². The van der Waals surface area contributed by atoms with Gasteiger partial charge in [0.2, 0.25) is 0 Å². The molecule has 0 aliphatic carbocycles. The second kappa shape index (κ2) is 4.63. The van der Waals surface area contributed by atoms with Crippen LogP contribution < -0.4 is 0 Å². The van der Waals surface area contributed by atoms with E-state index in [4.69, 9.17) is 6.57 Å². The van der Waals surface area contributed by atoms with Crippen LogP contribution in [0.15, 0.2) is 30.3 Å². The Morgan fingerprint density at radius 3 is 2.45 bits per heavy atom. The predicted molar refractivity (Wildman–Crippen MR) is 88.1 cm³/mol. The quantitative estimate of drug-likeness (QED) is 0.376. The molecule has 0 radical (unpaired) electrons. The van der Waals surface area contributed by atoms with Gasteiger partial charge in [-0.1, -0.05) is 0 Å². The molecule has 1 nitrogen and oxygen atoms in total. The molecular weight excluding hydrogens is 358 g/mol. The molecular formula is C18H17NTe. The fourth-order valence-corrected chi connectivity index (χ4v) is 7.19. The Bertz CT molecular complexity index is 857. The Labute approximate surface area is 129 Å². The summed E-state index contributed by atoms with van der Waals surface area (Å²) < 4.78 is 3.06. The molecule has 0 amide bonds. The molecule has 0 aliphatic rings. The Morgan fingerprint density at radius 2 is 1.80 bits per heavy atom. The van der Waals surface area contributed by atoms with Gasteiger partial charge in [-0.15, -0.1) is 0 Å². The third-order valence-electron chi connectivity index (χ3n) is 3.71. The standard InChI is InChI=1S/C18H17NTe/c1-11-6-8-13-14-10-12(19-5)7-9-15(14)20-17(13)16(11)18(2,3)4/h6-10H,1-4H3. The average molecular weight is 375 g/mol. The van der Waals surface area contributed by atoms with E-state index in [2.05, 4.69) is 56.8 Å². The molecule has 1 heterocycles. The van der Waals surface area contributed by atoms with E-state index in [0.717, 1.165) is 5.69 Å². The Kier molecular flexibility index (Phi) is 3.17. The third kappa shape index (κ3) is 2.07. The zero-order valence-corrected chi connectivity index (χ0v) is 14.6. The van der Waals surface area contributed by atoms with Crippen LogP contribution in [0.25, 0.3) is 22.4 Å². The summed E-state index contributed by atoms with van der Waals surface area (Å²) in [6, 6.07) is 10.7. The van der Waals surface area contributed by atoms with Gasteiger partial charge in [0.25, 0.3) is 0 Å². The van der Waals surface area contributed by atoms with Crippen molar-refractivity contribution < 1.29 is 0 Å². The van der Waals surface area contributed by atoms with Gasteiger partial charge in [-0.05, 0) is 0 Å². The molecule has 3 rings (SSSR count). The first kappa shape index (κ1) is 13.7. The molecule has 100 valence electrons. The summed E-state index contributed by atoms with van der Waals surface area (Å²) in [7, 11) is 0. The van der Waals surface area contributed by atoms with Gasteiger partial charge in [0.15, 0.2) is 0 Å². The van der Waals surface area contributed by atoms with Crippen molar-refractivity contribution in [2.75, 3.05) is 0 Å². The van der Waals surface area contributed by atoms with Crippen LogP contribution >= 0.6 is 0 Å². The van der Waals surface area contributed by atoms with Crippen molar-refractivity contribution in [1.29, 1.82) is 0 Å². The topological polar surface area (TPSA) is 4.36 Å². The summed E-state index contributed by atoms with van der Waals surface area (Å²) in [5.41, 5.74) is 3.87. The second-order valence-electron chi connectivity index (χ2n) is 6.28. The van der Waals surface area contributed by atoms with E-state index in [0.29, 0.717) is 0 Å². The van der Waals surface area contributed by atoms with Gasteiger partial charge in [-0.2, -0.15) is 0 Å². The van der Waals surface area contributed by atoms with Crippen LogP contribution in [0.5, 0.6) is 0 Å². The molecule has 0 fully saturated rings. The molecule has 1 aromatic heterocycles. The zero-order chi connectivity index (χ0) is 14.5. The van der Waals surface area contributed by atoms with E-state index in [1.54, 1.807) is 3.40 Å². The van der Waals surface area contributed by atoms with E-state index in [-0.39, 0.29) is 25.8 Å². The fraction of sp³-hybridized carbons (Fsp3) is 0.278. The van der Waals surface area contributed by atoms with Gasteiger partial charge in [-0.3, -0.25) is 0 Å². The summed E-state index contributed by atoms with van der Waals surface area (Å²) in [5, 5.41) is 2.69. The van der Waals surface area contributed by atoms with Crippen LogP contribution in [0.2, 0.25) is 0 Å². The number of rotatable bonds is 0. The molecule has 0 spiro atoms. The van der Waals surface area contributed by atoms with Crippen molar-refractivity contribution in [2.24, 2.45) is 0 Å². The van der Waals surface area contributed by atoms with E-state index in [1.807, 2.05) is 6.07 Å². The summed E-state index contributed by atoms with van der Waals surface area (Å²) in [6.45, 7) is 16.3. The van der Waals surface area contributed by atoms with Crippen LogP contribution in [0.3, 0.4) is 0 Å². The van der Waals surface area contributed by atoms with Crippen LogP contribution in [0, 0.1) is 13.5 Å². The van der Waals surface area contributed by atoms with Crippen molar-refractivity contribution in [1.82, 2.24) is 0 Å². The van der Waals surface area contributed by atoms with Crippen LogP contribution in [-0.4, -0.2) is 20.4 Å². The van der Waals surface area contributed by atoms with E-state index in [1.165, 1.54) is 25.3 Å². The molecule has 0 unspecified atom stereocenters. The second-order valence-corrected chi connectivity index (χ2v) is 9.28. The summed E-state index contributed by atoms with van der Waals surface area (Å²) in [6.07, 6.45) is 0. The zero-order valence-electron chi connectivity index (χ0n) is 12.2. The fourth-order valence-electron chi connectivity index (χ4n) is 2.93. The number of nitrogens with zero attached hydrogens (tertiary/aromatic N) is 1. The molecule has 0 saturated carbocycles. The van der Waals surface area contributed by atoms with Gasteiger partial charge in [0.1, 0.15) is 0 Å². The minimum atomic E-state index is -0.326. The molecule has 2 aromatic carbocycles. The summed E-state index contributed by atoms with van der Waals surface area (Å²) >= 11 is -0.326. The van der Waals surface area contributed by atoms with Crippen LogP contribution in [0.4, 0.5) is 5.69 Å². The first-order valence-electron chi connectivity index (χ1n) is 6.75. The first-order chi connectivity index (χ1) is 9.41. The maximum atomic E-state index is 7.20. The third-order valence-corrected chi connectivity index (χ3v) is 7.15. The van der Waals surface area contributed by atoms with Crippen molar-refractivity contribution in [3.63, 3.8) is 0 Å². The van der Waals surface area contributed by atoms with E-state index in [9.17, 15) is 0 Å². The van der Waals surface area contributed by atoms with Gasteiger partial charge >= 0.3 is 130 Å². The predicted octanol–water partition coefficient (Wildman–Crippen LogP) is 5.21. The van der Waals surface area contributed by atoms with Crippen LogP contribution in [-0.2, 0) is 5.41 Å². The molecule has 0 aliphatic heterocycles. The average Bonchev–Trinajstić information content (AvgIpc) is 2.73. The SMILES string of the molecule is [C-]#[N+]c1ccc2[te]c3c(C(C)(C)C)c(C)ccc3c2c1. The normalized spacial score (nSPS) is 11.9. The number of fused-ring (bicyclic) bond motifs is 3. The van der Waals surface area contributed by atoms with E-state index < -0.39 is 0 Å². The number of hydrogen-bond acceptors (Lipinski definition) is 0. The summed E-state index contributed by atoms with van der Waals surface area (Å²) in [5.74, 6) is 0. The first-order valence-corrected chi connectivity index (χ1v) is 9.08. The van der Waals surface area contributed by atoms with Crippen molar-refractivity contribution in [2.45, 2.75) is 33.1 Å². The molecule has 0 atom stereocenters. The van der Waals surface area contributed by atoms with Gasteiger partial charge in [0, 0.05) is 0 Å². The number of benzene rings is 2. The Hall–Kier alpha value is -1.28. The van der Waals surface area contributed by atoms with Crippen molar-refractivity contribution in [3.05, 3.63) is 52.9 Å². The van der Waals surface area contributed by atoms with E-state index >= 15 is 0 Å². The molecule has 20 heavy (non-hydrogen) atoms. The summed E-state index contributed by atoms with van der Waals surface area (Å²) in [4.78, 5) is 3.57. The molecule has 0 N–H and O–H groups in total. The van der Waals surface area contributed by atoms with Gasteiger partial charge in [-0.25, -0.2) is 0 Å². The maximum absolute atomic E-state index is 7.20. The molecule has 3 aromatic rings. The Morgan fingerprint density at radius 1 is 1.05 bits per heavy atom. The van der Waals surface area contributed by atoms with Gasteiger partial charge in [0.05, 0.1) is 0 Å². The Balaban J connectivity index is 2.49. The van der Waals surface area contributed by atoms with Crippen molar-refractivity contribution >= 4 is 43.7 Å². The van der Waals surface area contributed by atoms with Gasteiger partial charge < -0.3 is 0 Å². The molecule has 2 heteroatoms. The molecule has 0 saturated heterocycles.